The third-order valence-electron chi connectivity index (χ3n) is 7.15. The Morgan fingerprint density at radius 3 is 2.36 bits per heavy atom. The van der Waals surface area contributed by atoms with Gasteiger partial charge in [-0.25, -0.2) is 0 Å². The van der Waals surface area contributed by atoms with Crippen LogP contribution in [0.4, 0.5) is 5.69 Å². The van der Waals surface area contributed by atoms with Crippen LogP contribution in [0.3, 0.4) is 0 Å². The summed E-state index contributed by atoms with van der Waals surface area (Å²) >= 11 is 6.00. The summed E-state index contributed by atoms with van der Waals surface area (Å²) in [6.45, 7) is 0. The molecule has 0 unspecified atom stereocenters. The Kier molecular flexibility index (Phi) is 5.79. The van der Waals surface area contributed by atoms with Gasteiger partial charge in [0.25, 0.3) is 5.91 Å². The van der Waals surface area contributed by atoms with Crippen LogP contribution < -0.4 is 15.8 Å². The fourth-order valence-corrected chi connectivity index (χ4v) is 5.59. The third-order valence-corrected chi connectivity index (χ3v) is 7.39. The Balaban J connectivity index is 1.33. The van der Waals surface area contributed by atoms with Gasteiger partial charge < -0.3 is 5.32 Å². The molecular formula is C32H24ClNO2. The zero-order valence-electron chi connectivity index (χ0n) is 19.7. The first-order chi connectivity index (χ1) is 17.6. The van der Waals surface area contributed by atoms with Crippen LogP contribution in [0, 0.1) is 10.4 Å². The molecule has 0 bridgehead atoms. The normalized spacial score (nSPS) is 13.6. The number of halogens is 1. The number of nitrogens with one attached hydrogen (secondary N) is 1. The van der Waals surface area contributed by atoms with E-state index in [0.29, 0.717) is 21.8 Å². The van der Waals surface area contributed by atoms with Crippen LogP contribution in [0.25, 0.3) is 11.6 Å². The molecule has 1 amide bonds. The van der Waals surface area contributed by atoms with Gasteiger partial charge in [0.1, 0.15) is 0 Å². The summed E-state index contributed by atoms with van der Waals surface area (Å²) in [6, 6.07) is 26.8. The van der Waals surface area contributed by atoms with Crippen LogP contribution in [0.5, 0.6) is 0 Å². The zero-order chi connectivity index (χ0) is 24.6. The lowest BCUT2D eigenvalue weighted by Crippen LogP contribution is -2.25. The molecule has 0 radical (unpaired) electrons. The minimum Gasteiger partial charge on any atom is -0.322 e. The lowest BCUT2D eigenvalue weighted by molar-refractivity contribution is 0.102. The maximum atomic E-state index is 13.6. The largest absolute Gasteiger partial charge is 0.322 e. The number of ketones is 1. The molecule has 0 atom stereocenters. The van der Waals surface area contributed by atoms with E-state index in [1.165, 1.54) is 26.8 Å². The third kappa shape index (κ3) is 4.06. The predicted molar refractivity (Wildman–Crippen MR) is 144 cm³/mol. The van der Waals surface area contributed by atoms with Gasteiger partial charge in [-0.3, -0.25) is 9.59 Å². The minimum atomic E-state index is -0.240. The maximum absolute atomic E-state index is 13.6. The molecule has 4 aromatic carbocycles. The monoisotopic (exact) mass is 489 g/mol. The summed E-state index contributed by atoms with van der Waals surface area (Å²) in [5.74, 6) is -0.181. The van der Waals surface area contributed by atoms with Crippen LogP contribution in [0.1, 0.15) is 44.7 Å². The van der Waals surface area contributed by atoms with E-state index in [-0.39, 0.29) is 11.7 Å². The number of Topliss-reactive ketones (excluding diaryl/α,β-unsaturated/α-hetero) is 1. The smallest absolute Gasteiger partial charge is 0.255 e. The van der Waals surface area contributed by atoms with E-state index in [1.54, 1.807) is 48.5 Å². The molecule has 1 N–H and O–H groups in total. The van der Waals surface area contributed by atoms with Crippen molar-refractivity contribution in [2.75, 3.05) is 5.32 Å². The summed E-state index contributed by atoms with van der Waals surface area (Å²) < 4.78 is 0. The standard InChI is InChI=1S/C32H24ClNO2/c33-23-7-3-6-22(19-23)32(36)34-24-14-11-21(12-15-24)31(35)30-10-4-9-26-28-16-13-20-5-1-2-8-25(20)27(28)17-18-29(26)30/h1-3,5-8,11-15,17-19H,4,9-10,16H2,(H,34,36). The van der Waals surface area contributed by atoms with E-state index < -0.39 is 0 Å². The van der Waals surface area contributed by atoms with Gasteiger partial charge in [-0.2, -0.15) is 0 Å². The number of hydrogen-bond donors (Lipinski definition) is 1. The lowest BCUT2D eigenvalue weighted by Gasteiger charge is -2.20. The molecule has 0 fully saturated rings. The van der Waals surface area contributed by atoms with Crippen molar-refractivity contribution in [1.82, 2.24) is 0 Å². The first-order valence-electron chi connectivity index (χ1n) is 12.2. The van der Waals surface area contributed by atoms with Crippen molar-refractivity contribution >= 4 is 40.6 Å². The number of fused-ring (bicyclic) bond motifs is 4. The van der Waals surface area contributed by atoms with Crippen molar-refractivity contribution in [3.63, 3.8) is 0 Å². The molecule has 36 heavy (non-hydrogen) atoms. The van der Waals surface area contributed by atoms with Gasteiger partial charge in [-0.05, 0) is 100 Å². The SMILES string of the molecule is O=C(Nc1ccc(C(=O)C2=c3ccc4c(c3CCC2)CC=c2ccccc2=4)cc1)c1cccc(Cl)c1. The van der Waals surface area contributed by atoms with Crippen LogP contribution in [-0.2, 0) is 12.8 Å². The van der Waals surface area contributed by atoms with E-state index >= 15 is 0 Å². The van der Waals surface area contributed by atoms with E-state index in [1.807, 2.05) is 0 Å². The molecule has 0 saturated carbocycles. The number of amides is 1. The maximum Gasteiger partial charge on any atom is 0.255 e. The molecule has 4 aromatic rings. The molecule has 3 nitrogen and oxygen atoms in total. The van der Waals surface area contributed by atoms with Crippen molar-refractivity contribution in [1.29, 1.82) is 0 Å². The second-order valence-electron chi connectivity index (χ2n) is 9.32. The average molecular weight is 490 g/mol. The van der Waals surface area contributed by atoms with E-state index in [9.17, 15) is 9.59 Å². The molecule has 4 heteroatoms. The molecule has 0 aliphatic heterocycles. The summed E-state index contributed by atoms with van der Waals surface area (Å²) in [6.07, 6.45) is 5.94. The number of carbonyl (C=O) groups excluding carboxylic acids is 2. The van der Waals surface area contributed by atoms with Crippen molar-refractivity contribution in [3.8, 4) is 0 Å². The van der Waals surface area contributed by atoms with Crippen molar-refractivity contribution in [2.24, 2.45) is 0 Å². The summed E-state index contributed by atoms with van der Waals surface area (Å²) in [5.41, 5.74) is 5.31. The molecule has 0 spiro atoms. The second-order valence-corrected chi connectivity index (χ2v) is 9.75. The zero-order valence-corrected chi connectivity index (χ0v) is 20.4. The molecule has 0 heterocycles. The summed E-state index contributed by atoms with van der Waals surface area (Å²) in [4.78, 5) is 26.1. The number of anilines is 1. The van der Waals surface area contributed by atoms with E-state index in [4.69, 9.17) is 11.6 Å². The summed E-state index contributed by atoms with van der Waals surface area (Å²) in [5, 5.41) is 8.32. The molecule has 0 aromatic heterocycles. The van der Waals surface area contributed by atoms with Crippen molar-refractivity contribution in [3.05, 3.63) is 133 Å². The molecule has 0 saturated heterocycles. The van der Waals surface area contributed by atoms with Gasteiger partial charge in [0, 0.05) is 27.4 Å². The predicted octanol–water partition coefficient (Wildman–Crippen LogP) is 5.59. The average Bonchev–Trinajstić information content (AvgIpc) is 2.92. The number of hydrogen-bond acceptors (Lipinski definition) is 2. The van der Waals surface area contributed by atoms with Crippen molar-refractivity contribution in [2.45, 2.75) is 25.7 Å². The molecule has 2 aliphatic rings. The Hall–Kier alpha value is -3.95. The summed E-state index contributed by atoms with van der Waals surface area (Å²) in [7, 11) is 0. The van der Waals surface area contributed by atoms with Crippen LogP contribution >= 0.6 is 11.6 Å². The fraction of sp³-hybridized carbons (Fsp3) is 0.125. The van der Waals surface area contributed by atoms with E-state index in [2.05, 4.69) is 47.8 Å². The van der Waals surface area contributed by atoms with Gasteiger partial charge in [0.05, 0.1) is 0 Å². The van der Waals surface area contributed by atoms with Gasteiger partial charge in [-0.1, -0.05) is 60.1 Å². The molecule has 6 rings (SSSR count). The molecule has 176 valence electrons. The Labute approximate surface area is 214 Å². The fourth-order valence-electron chi connectivity index (χ4n) is 5.40. The van der Waals surface area contributed by atoms with Crippen molar-refractivity contribution < 1.29 is 9.59 Å². The highest BCUT2D eigenvalue weighted by Crippen LogP contribution is 2.24. The highest BCUT2D eigenvalue weighted by molar-refractivity contribution is 6.31. The van der Waals surface area contributed by atoms with Gasteiger partial charge in [0.15, 0.2) is 5.78 Å². The van der Waals surface area contributed by atoms with Gasteiger partial charge >= 0.3 is 0 Å². The highest BCUT2D eigenvalue weighted by atomic mass is 35.5. The van der Waals surface area contributed by atoms with E-state index in [0.717, 1.165) is 36.5 Å². The lowest BCUT2D eigenvalue weighted by atomic mass is 9.84. The Morgan fingerprint density at radius 1 is 0.722 bits per heavy atom. The topological polar surface area (TPSA) is 46.2 Å². The Bertz CT molecular complexity index is 1750. The number of rotatable bonds is 4. The highest BCUT2D eigenvalue weighted by Gasteiger charge is 2.21. The quantitative estimate of drug-likeness (QED) is 0.380. The second kappa shape index (κ2) is 9.25. The van der Waals surface area contributed by atoms with Crippen LogP contribution in [0.15, 0.2) is 84.9 Å². The number of benzene rings is 4. The molecular weight excluding hydrogens is 466 g/mol. The first kappa shape index (κ1) is 22.5. The number of carbonyl (C=O) groups is 2. The van der Waals surface area contributed by atoms with Gasteiger partial charge in [0.2, 0.25) is 0 Å². The van der Waals surface area contributed by atoms with Crippen LogP contribution in [0.2, 0.25) is 5.02 Å². The van der Waals surface area contributed by atoms with Crippen LogP contribution in [-0.4, -0.2) is 11.7 Å². The Morgan fingerprint density at radius 2 is 1.53 bits per heavy atom. The van der Waals surface area contributed by atoms with Gasteiger partial charge in [-0.15, -0.1) is 0 Å². The first-order valence-corrected chi connectivity index (χ1v) is 12.6. The molecule has 2 aliphatic carbocycles. The minimum absolute atomic E-state index is 0.0591.